The molecule has 0 fully saturated rings. The van der Waals surface area contributed by atoms with Gasteiger partial charge in [-0.1, -0.05) is 6.92 Å². The lowest BCUT2D eigenvalue weighted by atomic mass is 10.1. The van der Waals surface area contributed by atoms with Gasteiger partial charge in [-0.25, -0.2) is 8.78 Å². The van der Waals surface area contributed by atoms with Crippen LogP contribution in [0.25, 0.3) is 0 Å². The Morgan fingerprint density at radius 1 is 1.40 bits per heavy atom. The monoisotopic (exact) mass is 238 g/mol. The van der Waals surface area contributed by atoms with E-state index in [1.165, 1.54) is 6.92 Å². The SMILES string of the molecule is CCc1c(F)cc(F)cc1OS(=O)(=O)O. The Morgan fingerprint density at radius 2 is 2.00 bits per heavy atom. The average molecular weight is 238 g/mol. The van der Waals surface area contributed by atoms with Gasteiger partial charge in [0.05, 0.1) is 0 Å². The summed E-state index contributed by atoms with van der Waals surface area (Å²) in [5, 5.41) is 0. The van der Waals surface area contributed by atoms with E-state index in [1.807, 2.05) is 0 Å². The van der Waals surface area contributed by atoms with Gasteiger partial charge in [0.2, 0.25) is 0 Å². The van der Waals surface area contributed by atoms with Crippen LogP contribution in [0.4, 0.5) is 8.78 Å². The Morgan fingerprint density at radius 3 is 2.47 bits per heavy atom. The van der Waals surface area contributed by atoms with Crippen molar-refractivity contribution < 1.29 is 25.9 Å². The first kappa shape index (κ1) is 11.9. The van der Waals surface area contributed by atoms with Crippen molar-refractivity contribution in [1.82, 2.24) is 0 Å². The second-order valence-electron chi connectivity index (χ2n) is 2.73. The Balaban J connectivity index is 3.27. The van der Waals surface area contributed by atoms with Gasteiger partial charge in [-0.2, -0.15) is 8.42 Å². The molecule has 0 atom stereocenters. The van der Waals surface area contributed by atoms with Crippen molar-refractivity contribution in [2.75, 3.05) is 0 Å². The van der Waals surface area contributed by atoms with Gasteiger partial charge in [0.25, 0.3) is 0 Å². The van der Waals surface area contributed by atoms with Gasteiger partial charge in [0, 0.05) is 17.7 Å². The van der Waals surface area contributed by atoms with E-state index in [9.17, 15) is 17.2 Å². The molecule has 0 aliphatic carbocycles. The fourth-order valence-corrected chi connectivity index (χ4v) is 1.49. The van der Waals surface area contributed by atoms with Crippen LogP contribution in [0, 0.1) is 11.6 Å². The molecule has 0 spiro atoms. The Hall–Kier alpha value is -1.21. The molecule has 1 N–H and O–H groups in total. The maximum atomic E-state index is 13.1. The van der Waals surface area contributed by atoms with Crippen LogP contribution in [0.3, 0.4) is 0 Å². The maximum absolute atomic E-state index is 13.1. The fraction of sp³-hybridized carbons (Fsp3) is 0.250. The third-order valence-electron chi connectivity index (χ3n) is 1.67. The summed E-state index contributed by atoms with van der Waals surface area (Å²) in [5.74, 6) is -2.45. The number of rotatable bonds is 3. The molecular weight excluding hydrogens is 230 g/mol. The first-order valence-electron chi connectivity index (χ1n) is 3.98. The van der Waals surface area contributed by atoms with E-state index in [0.29, 0.717) is 12.1 Å². The molecule has 0 bridgehead atoms. The minimum Gasteiger partial charge on any atom is -0.361 e. The highest BCUT2D eigenvalue weighted by atomic mass is 32.3. The van der Waals surface area contributed by atoms with E-state index in [0.717, 1.165) is 0 Å². The van der Waals surface area contributed by atoms with Crippen molar-refractivity contribution in [1.29, 1.82) is 0 Å². The molecule has 1 rings (SSSR count). The van der Waals surface area contributed by atoms with Crippen molar-refractivity contribution in [3.63, 3.8) is 0 Å². The second-order valence-corrected chi connectivity index (χ2v) is 3.75. The predicted octanol–water partition coefficient (Wildman–Crippen LogP) is 1.71. The first-order valence-corrected chi connectivity index (χ1v) is 5.35. The minimum absolute atomic E-state index is 0.108. The summed E-state index contributed by atoms with van der Waals surface area (Å²) >= 11 is 0. The smallest absolute Gasteiger partial charge is 0.361 e. The van der Waals surface area contributed by atoms with Crippen LogP contribution in [0.2, 0.25) is 0 Å². The summed E-state index contributed by atoms with van der Waals surface area (Å²) in [4.78, 5) is 0. The van der Waals surface area contributed by atoms with Gasteiger partial charge >= 0.3 is 10.4 Å². The molecule has 0 saturated heterocycles. The van der Waals surface area contributed by atoms with Crippen molar-refractivity contribution >= 4 is 10.4 Å². The molecule has 0 amide bonds. The van der Waals surface area contributed by atoms with Crippen molar-refractivity contribution in [2.45, 2.75) is 13.3 Å². The second kappa shape index (κ2) is 4.11. The number of hydrogen-bond donors (Lipinski definition) is 1. The zero-order valence-electron chi connectivity index (χ0n) is 7.70. The number of halogens is 2. The zero-order valence-corrected chi connectivity index (χ0v) is 8.51. The lowest BCUT2D eigenvalue weighted by Crippen LogP contribution is -2.09. The van der Waals surface area contributed by atoms with Gasteiger partial charge < -0.3 is 4.18 Å². The summed E-state index contributed by atoms with van der Waals surface area (Å²) in [6, 6.07) is 1.30. The number of benzene rings is 1. The summed E-state index contributed by atoms with van der Waals surface area (Å²) in [5.41, 5.74) is -0.117. The third-order valence-corrected chi connectivity index (χ3v) is 2.06. The van der Waals surface area contributed by atoms with Crippen LogP contribution >= 0.6 is 0 Å². The highest BCUT2D eigenvalue weighted by Crippen LogP contribution is 2.24. The molecule has 4 nitrogen and oxygen atoms in total. The summed E-state index contributed by atoms with van der Waals surface area (Å²) < 4.78 is 59.0. The van der Waals surface area contributed by atoms with E-state index in [2.05, 4.69) is 4.18 Å². The van der Waals surface area contributed by atoms with Crippen LogP contribution < -0.4 is 4.18 Å². The third kappa shape index (κ3) is 3.14. The molecule has 0 saturated carbocycles. The number of hydrogen-bond acceptors (Lipinski definition) is 3. The predicted molar refractivity (Wildman–Crippen MR) is 47.9 cm³/mol. The highest BCUT2D eigenvalue weighted by Gasteiger charge is 2.15. The van der Waals surface area contributed by atoms with E-state index in [1.54, 1.807) is 0 Å². The van der Waals surface area contributed by atoms with Gasteiger partial charge in [-0.15, -0.1) is 0 Å². The fourth-order valence-electron chi connectivity index (χ4n) is 1.11. The lowest BCUT2D eigenvalue weighted by Gasteiger charge is -2.07. The molecule has 0 unspecified atom stereocenters. The van der Waals surface area contributed by atoms with Gasteiger partial charge in [0.15, 0.2) is 5.75 Å². The summed E-state index contributed by atoms with van der Waals surface area (Å²) in [6.45, 7) is 1.53. The highest BCUT2D eigenvalue weighted by molar-refractivity contribution is 7.81. The van der Waals surface area contributed by atoms with Crippen LogP contribution in [0.15, 0.2) is 12.1 Å². The van der Waals surface area contributed by atoms with E-state index in [-0.39, 0.29) is 12.0 Å². The molecule has 0 aliphatic heterocycles. The van der Waals surface area contributed by atoms with Gasteiger partial charge in [0.1, 0.15) is 11.6 Å². The first-order chi connectivity index (χ1) is 6.83. The standard InChI is InChI=1S/C8H8F2O4S/c1-2-6-7(10)3-5(9)4-8(6)14-15(11,12)13/h3-4H,2H2,1H3,(H,11,12,13). The summed E-state index contributed by atoms with van der Waals surface area (Å²) in [7, 11) is -4.78. The molecule has 0 aromatic heterocycles. The molecule has 7 heteroatoms. The van der Waals surface area contributed by atoms with Crippen molar-refractivity contribution in [3.8, 4) is 5.75 Å². The molecule has 1 aromatic carbocycles. The Kier molecular flexibility index (Phi) is 3.25. The topological polar surface area (TPSA) is 63.6 Å². The molecule has 0 aliphatic rings. The molecule has 0 radical (unpaired) electrons. The molecule has 84 valence electrons. The molecule has 0 heterocycles. The quantitative estimate of drug-likeness (QED) is 0.814. The van der Waals surface area contributed by atoms with E-state index < -0.39 is 27.8 Å². The normalized spacial score (nSPS) is 11.5. The zero-order chi connectivity index (χ0) is 11.6. The van der Waals surface area contributed by atoms with Crippen molar-refractivity contribution in [3.05, 3.63) is 29.3 Å². The van der Waals surface area contributed by atoms with E-state index in [4.69, 9.17) is 4.55 Å². The van der Waals surface area contributed by atoms with Crippen molar-refractivity contribution in [2.24, 2.45) is 0 Å². The van der Waals surface area contributed by atoms with Crippen LogP contribution in [-0.2, 0) is 16.8 Å². The maximum Gasteiger partial charge on any atom is 0.446 e. The molecular formula is C8H8F2O4S. The van der Waals surface area contributed by atoms with Crippen LogP contribution in [-0.4, -0.2) is 13.0 Å². The lowest BCUT2D eigenvalue weighted by molar-refractivity contribution is 0.382. The summed E-state index contributed by atoms with van der Waals surface area (Å²) in [6.07, 6.45) is 0.108. The van der Waals surface area contributed by atoms with E-state index >= 15 is 0 Å². The minimum atomic E-state index is -4.78. The Labute approximate surface area is 85.4 Å². The molecule has 15 heavy (non-hydrogen) atoms. The molecule has 1 aromatic rings. The largest absolute Gasteiger partial charge is 0.446 e. The van der Waals surface area contributed by atoms with Gasteiger partial charge in [-0.05, 0) is 6.42 Å². The van der Waals surface area contributed by atoms with Gasteiger partial charge in [-0.3, -0.25) is 4.55 Å². The Bertz CT molecular complexity index is 470. The average Bonchev–Trinajstić information content (AvgIpc) is 1.99. The van der Waals surface area contributed by atoms with Crippen LogP contribution in [0.1, 0.15) is 12.5 Å². The van der Waals surface area contributed by atoms with Crippen LogP contribution in [0.5, 0.6) is 5.75 Å².